The van der Waals surface area contributed by atoms with Gasteiger partial charge in [-0.25, -0.2) is 17.6 Å². The van der Waals surface area contributed by atoms with Crippen LogP contribution in [0.3, 0.4) is 0 Å². The quantitative estimate of drug-likeness (QED) is 0.854. The molecular formula is C17H13F4NO2. The molecule has 7 heteroatoms. The second kappa shape index (κ2) is 6.24. The zero-order valence-electron chi connectivity index (χ0n) is 12.3. The molecule has 3 nitrogen and oxygen atoms in total. The van der Waals surface area contributed by atoms with Crippen molar-refractivity contribution in [2.45, 2.75) is 18.6 Å². The lowest BCUT2D eigenvalue weighted by Crippen LogP contribution is -2.33. The summed E-state index contributed by atoms with van der Waals surface area (Å²) >= 11 is 0. The number of carbonyl (C=O) groups is 1. The van der Waals surface area contributed by atoms with Gasteiger partial charge >= 0.3 is 0 Å². The fourth-order valence-electron chi connectivity index (χ4n) is 2.93. The van der Waals surface area contributed by atoms with Crippen LogP contribution in [0.2, 0.25) is 0 Å². The molecule has 1 fully saturated rings. The van der Waals surface area contributed by atoms with Crippen molar-refractivity contribution in [1.29, 1.82) is 0 Å². The molecule has 1 aliphatic rings. The topological polar surface area (TPSA) is 40.5 Å². The van der Waals surface area contributed by atoms with E-state index in [1.807, 2.05) is 0 Å². The van der Waals surface area contributed by atoms with E-state index in [0.717, 1.165) is 35.2 Å². The summed E-state index contributed by atoms with van der Waals surface area (Å²) in [5.74, 6) is -4.83. The molecule has 0 saturated carbocycles. The van der Waals surface area contributed by atoms with Crippen molar-refractivity contribution in [3.05, 3.63) is 70.8 Å². The molecule has 126 valence electrons. The van der Waals surface area contributed by atoms with Gasteiger partial charge in [-0.3, -0.25) is 4.79 Å². The lowest BCUT2D eigenvalue weighted by atomic mass is 10.0. The van der Waals surface area contributed by atoms with Gasteiger partial charge in [0, 0.05) is 12.1 Å². The molecule has 0 aromatic heterocycles. The summed E-state index contributed by atoms with van der Waals surface area (Å²) in [6, 6.07) is 4.96. The number of halogens is 4. The molecule has 0 radical (unpaired) electrons. The Kier molecular flexibility index (Phi) is 4.28. The maximum Gasteiger partial charge on any atom is 0.257 e. The molecule has 1 heterocycles. The van der Waals surface area contributed by atoms with Gasteiger partial charge in [0.1, 0.15) is 11.6 Å². The number of aliphatic hydroxyl groups is 1. The highest BCUT2D eigenvalue weighted by Gasteiger charge is 2.38. The number of nitrogens with zero attached hydrogens (tertiary/aromatic N) is 1. The maximum absolute atomic E-state index is 14.0. The van der Waals surface area contributed by atoms with E-state index in [-0.39, 0.29) is 18.5 Å². The minimum atomic E-state index is -1.32. The molecule has 2 unspecified atom stereocenters. The SMILES string of the molecule is O=C(c1cccc(F)c1F)N1CC(O)CC1c1cc(F)ccc1F. The fourth-order valence-corrected chi connectivity index (χ4v) is 2.93. The molecular weight excluding hydrogens is 326 g/mol. The molecule has 0 spiro atoms. The highest BCUT2D eigenvalue weighted by atomic mass is 19.2. The predicted molar refractivity (Wildman–Crippen MR) is 77.1 cm³/mol. The summed E-state index contributed by atoms with van der Waals surface area (Å²) in [5, 5.41) is 9.83. The predicted octanol–water partition coefficient (Wildman–Crippen LogP) is 3.19. The average Bonchev–Trinajstić information content (AvgIpc) is 2.93. The number of amides is 1. The van der Waals surface area contributed by atoms with E-state index in [1.165, 1.54) is 6.07 Å². The third kappa shape index (κ3) is 2.87. The van der Waals surface area contributed by atoms with Crippen molar-refractivity contribution >= 4 is 5.91 Å². The van der Waals surface area contributed by atoms with Crippen LogP contribution >= 0.6 is 0 Å². The van der Waals surface area contributed by atoms with Gasteiger partial charge in [0.2, 0.25) is 0 Å². The third-order valence-electron chi connectivity index (χ3n) is 4.04. The molecule has 2 aromatic rings. The Balaban J connectivity index is 2.00. The first-order chi connectivity index (χ1) is 11.4. The van der Waals surface area contributed by atoms with Gasteiger partial charge in [0.15, 0.2) is 11.6 Å². The average molecular weight is 339 g/mol. The number of β-amino-alcohol motifs (C(OH)–C–C–N with tert-alkyl or cyclic N) is 1. The van der Waals surface area contributed by atoms with Crippen LogP contribution in [0, 0.1) is 23.3 Å². The Morgan fingerprint density at radius 2 is 1.83 bits per heavy atom. The van der Waals surface area contributed by atoms with Crippen molar-refractivity contribution in [3.8, 4) is 0 Å². The highest BCUT2D eigenvalue weighted by Crippen LogP contribution is 2.35. The number of rotatable bonds is 2. The molecule has 0 aliphatic carbocycles. The van der Waals surface area contributed by atoms with E-state index in [4.69, 9.17) is 0 Å². The van der Waals surface area contributed by atoms with Gasteiger partial charge in [0.25, 0.3) is 5.91 Å². The lowest BCUT2D eigenvalue weighted by Gasteiger charge is -2.25. The van der Waals surface area contributed by atoms with E-state index in [9.17, 15) is 27.5 Å². The van der Waals surface area contributed by atoms with Crippen LogP contribution in [0.4, 0.5) is 17.6 Å². The van der Waals surface area contributed by atoms with Crippen molar-refractivity contribution in [2.24, 2.45) is 0 Å². The van der Waals surface area contributed by atoms with Gasteiger partial charge in [-0.2, -0.15) is 0 Å². The van der Waals surface area contributed by atoms with E-state index in [2.05, 4.69) is 0 Å². The Hall–Kier alpha value is -2.41. The molecule has 2 atom stereocenters. The second-order valence-corrected chi connectivity index (χ2v) is 5.63. The Labute approximate surface area is 135 Å². The van der Waals surface area contributed by atoms with E-state index in [1.54, 1.807) is 0 Å². The molecule has 0 bridgehead atoms. The molecule has 1 amide bonds. The normalized spacial score (nSPS) is 20.5. The van der Waals surface area contributed by atoms with Crippen LogP contribution in [0.1, 0.15) is 28.4 Å². The van der Waals surface area contributed by atoms with Gasteiger partial charge in [-0.05, 0) is 36.8 Å². The minimum Gasteiger partial charge on any atom is -0.391 e. The number of carbonyl (C=O) groups excluding carboxylic acids is 1. The number of benzene rings is 2. The van der Waals surface area contributed by atoms with E-state index >= 15 is 0 Å². The third-order valence-corrected chi connectivity index (χ3v) is 4.04. The first-order valence-electron chi connectivity index (χ1n) is 7.26. The smallest absolute Gasteiger partial charge is 0.257 e. The van der Waals surface area contributed by atoms with Crippen LogP contribution in [-0.2, 0) is 0 Å². The Morgan fingerprint density at radius 3 is 2.58 bits per heavy atom. The molecule has 1 N–H and O–H groups in total. The molecule has 1 aliphatic heterocycles. The Bertz CT molecular complexity index is 796. The first-order valence-corrected chi connectivity index (χ1v) is 7.26. The molecule has 1 saturated heterocycles. The summed E-state index contributed by atoms with van der Waals surface area (Å²) < 4.78 is 54.6. The number of likely N-dealkylation sites (tertiary alicyclic amines) is 1. The minimum absolute atomic E-state index is 0.0248. The monoisotopic (exact) mass is 339 g/mol. The van der Waals surface area contributed by atoms with Gasteiger partial charge < -0.3 is 10.0 Å². The molecule has 3 rings (SSSR count). The summed E-state index contributed by atoms with van der Waals surface area (Å²) in [5.41, 5.74) is -0.636. The van der Waals surface area contributed by atoms with Crippen molar-refractivity contribution in [2.75, 3.05) is 6.54 Å². The van der Waals surface area contributed by atoms with Crippen molar-refractivity contribution in [1.82, 2.24) is 4.90 Å². The van der Waals surface area contributed by atoms with Crippen molar-refractivity contribution < 1.29 is 27.5 Å². The van der Waals surface area contributed by atoms with Crippen LogP contribution < -0.4 is 0 Å². The molecule has 2 aromatic carbocycles. The lowest BCUT2D eigenvalue weighted by molar-refractivity contribution is 0.0708. The second-order valence-electron chi connectivity index (χ2n) is 5.63. The fraction of sp³-hybridized carbons (Fsp3) is 0.235. The van der Waals surface area contributed by atoms with Crippen molar-refractivity contribution in [3.63, 3.8) is 0 Å². The zero-order valence-corrected chi connectivity index (χ0v) is 12.3. The van der Waals surface area contributed by atoms with Crippen LogP contribution in [0.15, 0.2) is 36.4 Å². The summed E-state index contributed by atoms with van der Waals surface area (Å²) in [6.07, 6.45) is -0.999. The van der Waals surface area contributed by atoms with Crippen LogP contribution in [0.5, 0.6) is 0 Å². The van der Waals surface area contributed by atoms with Crippen LogP contribution in [-0.4, -0.2) is 28.6 Å². The number of hydrogen-bond donors (Lipinski definition) is 1. The largest absolute Gasteiger partial charge is 0.391 e. The molecule has 24 heavy (non-hydrogen) atoms. The van der Waals surface area contributed by atoms with E-state index in [0.29, 0.717) is 0 Å². The summed E-state index contributed by atoms with van der Waals surface area (Å²) in [6.45, 7) is -0.185. The van der Waals surface area contributed by atoms with Crippen LogP contribution in [0.25, 0.3) is 0 Å². The summed E-state index contributed by atoms with van der Waals surface area (Å²) in [4.78, 5) is 13.6. The van der Waals surface area contributed by atoms with E-state index < -0.39 is 46.9 Å². The highest BCUT2D eigenvalue weighted by molar-refractivity contribution is 5.95. The Morgan fingerprint density at radius 1 is 1.08 bits per heavy atom. The maximum atomic E-state index is 14.0. The number of aliphatic hydroxyl groups excluding tert-OH is 1. The summed E-state index contributed by atoms with van der Waals surface area (Å²) in [7, 11) is 0. The standard InChI is InChI=1S/C17H13F4NO2/c18-9-4-5-13(19)12(6-9)15-7-10(23)8-22(15)17(24)11-2-1-3-14(20)16(11)21/h1-6,10,15,23H,7-8H2. The zero-order chi connectivity index (χ0) is 17.4. The first kappa shape index (κ1) is 16.4. The van der Waals surface area contributed by atoms with Gasteiger partial charge in [0.05, 0.1) is 17.7 Å². The van der Waals surface area contributed by atoms with Gasteiger partial charge in [-0.1, -0.05) is 6.07 Å². The number of hydrogen-bond acceptors (Lipinski definition) is 2. The van der Waals surface area contributed by atoms with Gasteiger partial charge in [-0.15, -0.1) is 0 Å².